The van der Waals surface area contributed by atoms with Gasteiger partial charge in [0.25, 0.3) is 0 Å². The second-order valence-electron chi connectivity index (χ2n) is 6.22. The van der Waals surface area contributed by atoms with Crippen molar-refractivity contribution in [2.75, 3.05) is 6.61 Å². The molecule has 0 bridgehead atoms. The highest BCUT2D eigenvalue weighted by molar-refractivity contribution is 9.11. The van der Waals surface area contributed by atoms with Gasteiger partial charge in [0, 0.05) is 12.6 Å². The molecule has 3 nitrogen and oxygen atoms in total. The fourth-order valence-corrected chi connectivity index (χ4v) is 3.07. The van der Waals surface area contributed by atoms with E-state index in [1.165, 1.54) is 5.56 Å². The lowest BCUT2D eigenvalue weighted by molar-refractivity contribution is -0.0270. The highest BCUT2D eigenvalue weighted by Crippen LogP contribution is 2.35. The molecule has 120 valence electrons. The third-order valence-corrected chi connectivity index (χ3v) is 4.70. The normalized spacial score (nSPS) is 14.6. The van der Waals surface area contributed by atoms with E-state index < -0.39 is 5.60 Å². The summed E-state index contributed by atoms with van der Waals surface area (Å²) in [7, 11) is 0. The van der Waals surface area contributed by atoms with Gasteiger partial charge in [-0.2, -0.15) is 0 Å². The molecule has 0 saturated heterocycles. The third kappa shape index (κ3) is 5.89. The number of halogens is 2. The van der Waals surface area contributed by atoms with Crippen LogP contribution in [0.25, 0.3) is 0 Å². The standard InChI is InChI=1S/C16H25Br2NO2/c1-10(2)16(5,20)9-21-15-13(17)6-12(7-14(15)18)8-19-11(3)4/h6-7,10-11,19-20H,8-9H2,1-5H3. The maximum atomic E-state index is 10.3. The molecule has 5 heteroatoms. The van der Waals surface area contributed by atoms with Crippen LogP contribution in [0.1, 0.15) is 40.2 Å². The van der Waals surface area contributed by atoms with Crippen molar-refractivity contribution in [3.05, 3.63) is 26.6 Å². The molecular weight excluding hydrogens is 398 g/mol. The fraction of sp³-hybridized carbons (Fsp3) is 0.625. The Morgan fingerprint density at radius 2 is 1.71 bits per heavy atom. The molecule has 0 spiro atoms. The van der Waals surface area contributed by atoms with Crippen LogP contribution in [0.2, 0.25) is 0 Å². The average molecular weight is 423 g/mol. The minimum Gasteiger partial charge on any atom is -0.488 e. The number of hydrogen-bond acceptors (Lipinski definition) is 3. The first-order chi connectivity index (χ1) is 9.63. The number of rotatable bonds is 7. The van der Waals surface area contributed by atoms with Gasteiger partial charge in [-0.25, -0.2) is 0 Å². The maximum Gasteiger partial charge on any atom is 0.147 e. The van der Waals surface area contributed by atoms with E-state index in [9.17, 15) is 5.11 Å². The first-order valence-electron chi connectivity index (χ1n) is 7.20. The first kappa shape index (κ1) is 18.9. The predicted molar refractivity (Wildman–Crippen MR) is 94.8 cm³/mol. The minimum atomic E-state index is -0.850. The van der Waals surface area contributed by atoms with Gasteiger partial charge in [-0.15, -0.1) is 0 Å². The van der Waals surface area contributed by atoms with E-state index in [0.29, 0.717) is 6.04 Å². The van der Waals surface area contributed by atoms with Crippen molar-refractivity contribution < 1.29 is 9.84 Å². The summed E-state index contributed by atoms with van der Waals surface area (Å²) in [6, 6.07) is 4.53. The zero-order chi connectivity index (χ0) is 16.2. The highest BCUT2D eigenvalue weighted by Gasteiger charge is 2.26. The number of ether oxygens (including phenoxy) is 1. The van der Waals surface area contributed by atoms with E-state index >= 15 is 0 Å². The van der Waals surface area contributed by atoms with Crippen LogP contribution in [0.3, 0.4) is 0 Å². The molecular formula is C16H25Br2NO2. The second kappa shape index (κ2) is 7.95. The van der Waals surface area contributed by atoms with Gasteiger partial charge in [-0.05, 0) is 62.4 Å². The van der Waals surface area contributed by atoms with E-state index in [1.807, 2.05) is 26.0 Å². The molecule has 1 aromatic carbocycles. The lowest BCUT2D eigenvalue weighted by atomic mass is 9.94. The fourth-order valence-electron chi connectivity index (χ4n) is 1.56. The molecule has 21 heavy (non-hydrogen) atoms. The predicted octanol–water partition coefficient (Wildman–Crippen LogP) is 4.50. The maximum absolute atomic E-state index is 10.3. The van der Waals surface area contributed by atoms with Gasteiger partial charge in [0.1, 0.15) is 12.4 Å². The largest absolute Gasteiger partial charge is 0.488 e. The summed E-state index contributed by atoms with van der Waals surface area (Å²) in [6.45, 7) is 11.1. The second-order valence-corrected chi connectivity index (χ2v) is 7.93. The van der Waals surface area contributed by atoms with Crippen LogP contribution in [-0.4, -0.2) is 23.4 Å². The van der Waals surface area contributed by atoms with Gasteiger partial charge in [0.2, 0.25) is 0 Å². The number of benzene rings is 1. The minimum absolute atomic E-state index is 0.129. The quantitative estimate of drug-likeness (QED) is 0.679. The van der Waals surface area contributed by atoms with Crippen molar-refractivity contribution in [1.29, 1.82) is 0 Å². The van der Waals surface area contributed by atoms with Crippen LogP contribution in [0, 0.1) is 5.92 Å². The SMILES string of the molecule is CC(C)NCc1cc(Br)c(OCC(C)(O)C(C)C)c(Br)c1. The molecule has 1 atom stereocenters. The summed E-state index contributed by atoms with van der Waals surface area (Å²) in [5, 5.41) is 13.7. The molecule has 1 rings (SSSR count). The zero-order valence-corrected chi connectivity index (χ0v) is 16.5. The molecule has 0 aromatic heterocycles. The van der Waals surface area contributed by atoms with Crippen molar-refractivity contribution in [3.8, 4) is 5.75 Å². The smallest absolute Gasteiger partial charge is 0.147 e. The number of nitrogens with one attached hydrogen (secondary N) is 1. The Morgan fingerprint density at radius 1 is 1.19 bits per heavy atom. The summed E-state index contributed by atoms with van der Waals surface area (Å²) < 4.78 is 7.58. The Balaban J connectivity index is 2.81. The molecule has 0 radical (unpaired) electrons. The Hall–Kier alpha value is -0.100. The van der Waals surface area contributed by atoms with E-state index in [1.54, 1.807) is 6.92 Å². The lowest BCUT2D eigenvalue weighted by Crippen LogP contribution is -2.37. The summed E-state index contributed by atoms with van der Waals surface area (Å²) in [6.07, 6.45) is 0. The number of hydrogen-bond donors (Lipinski definition) is 2. The van der Waals surface area contributed by atoms with E-state index in [-0.39, 0.29) is 12.5 Å². The van der Waals surface area contributed by atoms with Gasteiger partial charge in [0.15, 0.2) is 0 Å². The van der Waals surface area contributed by atoms with E-state index in [4.69, 9.17) is 4.74 Å². The molecule has 1 unspecified atom stereocenters. The summed E-state index contributed by atoms with van der Waals surface area (Å²) in [5.41, 5.74) is 0.321. The molecule has 0 amide bonds. The molecule has 1 aromatic rings. The Labute approximate surface area is 144 Å². The third-order valence-electron chi connectivity index (χ3n) is 3.53. The average Bonchev–Trinajstić information content (AvgIpc) is 2.35. The number of aliphatic hydroxyl groups is 1. The zero-order valence-electron chi connectivity index (χ0n) is 13.3. The van der Waals surface area contributed by atoms with Crippen molar-refractivity contribution in [2.45, 2.75) is 52.8 Å². The Morgan fingerprint density at radius 3 is 2.14 bits per heavy atom. The topological polar surface area (TPSA) is 41.5 Å². The summed E-state index contributed by atoms with van der Waals surface area (Å²) in [4.78, 5) is 0. The van der Waals surface area contributed by atoms with Crippen molar-refractivity contribution in [2.24, 2.45) is 5.92 Å². The van der Waals surface area contributed by atoms with Crippen LogP contribution >= 0.6 is 31.9 Å². The van der Waals surface area contributed by atoms with Crippen molar-refractivity contribution >= 4 is 31.9 Å². The Bertz CT molecular complexity index is 450. The van der Waals surface area contributed by atoms with Gasteiger partial charge in [-0.3, -0.25) is 0 Å². The van der Waals surface area contributed by atoms with Crippen LogP contribution in [0.4, 0.5) is 0 Å². The monoisotopic (exact) mass is 421 g/mol. The molecule has 0 aliphatic rings. The molecule has 2 N–H and O–H groups in total. The van der Waals surface area contributed by atoms with Gasteiger partial charge >= 0.3 is 0 Å². The summed E-state index contributed by atoms with van der Waals surface area (Å²) >= 11 is 7.09. The van der Waals surface area contributed by atoms with Crippen molar-refractivity contribution in [1.82, 2.24) is 5.32 Å². The van der Waals surface area contributed by atoms with Crippen LogP contribution in [-0.2, 0) is 6.54 Å². The molecule has 0 fully saturated rings. The van der Waals surface area contributed by atoms with Crippen LogP contribution in [0.15, 0.2) is 21.1 Å². The van der Waals surface area contributed by atoms with Crippen LogP contribution in [0.5, 0.6) is 5.75 Å². The Kier molecular flexibility index (Phi) is 7.17. The molecule has 0 heterocycles. The van der Waals surface area contributed by atoms with Gasteiger partial charge in [0.05, 0.1) is 14.5 Å². The highest BCUT2D eigenvalue weighted by atomic mass is 79.9. The lowest BCUT2D eigenvalue weighted by Gasteiger charge is -2.28. The van der Waals surface area contributed by atoms with Gasteiger partial charge < -0.3 is 15.2 Å². The van der Waals surface area contributed by atoms with Crippen molar-refractivity contribution in [3.63, 3.8) is 0 Å². The van der Waals surface area contributed by atoms with E-state index in [0.717, 1.165) is 21.2 Å². The molecule has 0 aliphatic carbocycles. The van der Waals surface area contributed by atoms with Gasteiger partial charge in [-0.1, -0.05) is 27.7 Å². The first-order valence-corrected chi connectivity index (χ1v) is 8.78. The summed E-state index contributed by atoms with van der Waals surface area (Å²) in [5.74, 6) is 0.855. The van der Waals surface area contributed by atoms with Crippen LogP contribution < -0.4 is 10.1 Å². The molecule has 0 aliphatic heterocycles. The molecule has 0 saturated carbocycles. The van der Waals surface area contributed by atoms with E-state index in [2.05, 4.69) is 51.0 Å².